The highest BCUT2D eigenvalue weighted by molar-refractivity contribution is 9.10. The first-order valence-electron chi connectivity index (χ1n) is 6.37. The first-order chi connectivity index (χ1) is 9.23. The molecule has 0 saturated heterocycles. The van der Waals surface area contributed by atoms with Gasteiger partial charge in [-0.05, 0) is 67.1 Å². The summed E-state index contributed by atoms with van der Waals surface area (Å²) in [5.74, 6) is -1.24. The third-order valence-corrected chi connectivity index (χ3v) is 5.39. The van der Waals surface area contributed by atoms with Gasteiger partial charge in [0.2, 0.25) is 0 Å². The number of benzene rings is 1. The van der Waals surface area contributed by atoms with Crippen LogP contribution in [0.5, 0.6) is 0 Å². The molecule has 0 saturated carbocycles. The molecular weight excluding hydrogens is 348 g/mol. The van der Waals surface area contributed by atoms with Crippen LogP contribution in [-0.4, -0.2) is 15.5 Å². The predicted octanol–water partition coefficient (Wildman–Crippen LogP) is 4.10. The Kier molecular flexibility index (Phi) is 4.56. The summed E-state index contributed by atoms with van der Waals surface area (Å²) < 4.78 is 43.9. The Morgan fingerprint density at radius 3 is 2.40 bits per heavy atom. The van der Waals surface area contributed by atoms with Gasteiger partial charge in [-0.3, -0.25) is 0 Å². The Balaban J connectivity index is 2.44. The monoisotopic (exact) mass is 363 g/mol. The molecule has 0 fully saturated rings. The maximum atomic E-state index is 14.3. The summed E-state index contributed by atoms with van der Waals surface area (Å²) in [5.41, 5.74) is 1.03. The molecule has 0 bridgehead atoms. The Morgan fingerprint density at radius 1 is 1.20 bits per heavy atom. The lowest BCUT2D eigenvalue weighted by atomic mass is 10.1. The van der Waals surface area contributed by atoms with Crippen molar-refractivity contribution in [3.63, 3.8) is 0 Å². The minimum atomic E-state index is -1.54. The van der Waals surface area contributed by atoms with E-state index in [2.05, 4.69) is 20.3 Å². The van der Waals surface area contributed by atoms with Crippen molar-refractivity contribution < 1.29 is 13.3 Å². The minimum absolute atomic E-state index is 0.213. The summed E-state index contributed by atoms with van der Waals surface area (Å²) in [6.45, 7) is 5.27. The molecule has 2 nitrogen and oxygen atoms in total. The van der Waals surface area contributed by atoms with Gasteiger partial charge in [-0.15, -0.1) is 0 Å². The quantitative estimate of drug-likeness (QED) is 0.442. The summed E-state index contributed by atoms with van der Waals surface area (Å²) in [6.07, 6.45) is 3.15. The van der Waals surface area contributed by atoms with Gasteiger partial charge in [-0.25, -0.2) is 8.78 Å². The summed E-state index contributed by atoms with van der Waals surface area (Å²) >= 11 is 1.65. The van der Waals surface area contributed by atoms with Gasteiger partial charge in [-0.2, -0.15) is 0 Å². The Labute approximate surface area is 129 Å². The molecular formula is C14H16BrF2NOS. The van der Waals surface area contributed by atoms with Gasteiger partial charge in [0, 0.05) is 0 Å². The van der Waals surface area contributed by atoms with Crippen molar-refractivity contribution in [2.45, 2.75) is 44.8 Å². The molecule has 0 amide bonds. The molecule has 0 heterocycles. The van der Waals surface area contributed by atoms with Gasteiger partial charge in [0.25, 0.3) is 0 Å². The normalized spacial score (nSPS) is 16.8. The topological polar surface area (TPSA) is 35.4 Å². The van der Waals surface area contributed by atoms with Crippen LogP contribution in [0.3, 0.4) is 0 Å². The molecule has 0 aromatic heterocycles. The molecule has 1 unspecified atom stereocenters. The first kappa shape index (κ1) is 15.9. The highest BCUT2D eigenvalue weighted by Crippen LogP contribution is 2.35. The number of nitrogens with zero attached hydrogens (tertiary/aromatic N) is 1. The zero-order valence-corrected chi connectivity index (χ0v) is 14.0. The van der Waals surface area contributed by atoms with Crippen molar-refractivity contribution in [3.8, 4) is 0 Å². The Hall–Kier alpha value is -0.460. The van der Waals surface area contributed by atoms with Crippen LogP contribution in [0.4, 0.5) is 8.78 Å². The van der Waals surface area contributed by atoms with Crippen LogP contribution in [0.2, 0.25) is 0 Å². The van der Waals surface area contributed by atoms with Crippen molar-refractivity contribution in [3.05, 3.63) is 32.8 Å². The van der Waals surface area contributed by atoms with Crippen LogP contribution in [0.25, 0.3) is 0 Å². The highest BCUT2D eigenvalue weighted by atomic mass is 79.9. The summed E-state index contributed by atoms with van der Waals surface area (Å²) in [6, 6.07) is 0. The molecule has 1 aliphatic carbocycles. The Morgan fingerprint density at radius 2 is 1.80 bits per heavy atom. The molecule has 20 heavy (non-hydrogen) atoms. The average Bonchev–Trinajstić information content (AvgIpc) is 2.84. The van der Waals surface area contributed by atoms with Gasteiger partial charge in [-0.1, -0.05) is 4.40 Å². The fourth-order valence-corrected chi connectivity index (χ4v) is 3.28. The van der Waals surface area contributed by atoms with Crippen molar-refractivity contribution >= 4 is 33.5 Å². The zero-order chi connectivity index (χ0) is 15.1. The Bertz CT molecular complexity index is 570. The van der Waals surface area contributed by atoms with Gasteiger partial charge < -0.3 is 4.55 Å². The van der Waals surface area contributed by atoms with E-state index in [4.69, 9.17) is 0 Å². The maximum absolute atomic E-state index is 14.3. The van der Waals surface area contributed by atoms with E-state index in [-0.39, 0.29) is 5.56 Å². The number of hydrogen-bond donors (Lipinski definition) is 0. The van der Waals surface area contributed by atoms with E-state index in [1.807, 2.05) is 0 Å². The molecule has 0 N–H and O–H groups in total. The molecule has 6 heteroatoms. The molecule has 110 valence electrons. The van der Waals surface area contributed by atoms with E-state index >= 15 is 0 Å². The van der Waals surface area contributed by atoms with Gasteiger partial charge in [0.1, 0.15) is 27.7 Å². The average molecular weight is 364 g/mol. The fourth-order valence-electron chi connectivity index (χ4n) is 2.11. The molecule has 0 aliphatic heterocycles. The number of rotatable bonds is 2. The molecule has 1 aromatic carbocycles. The predicted molar refractivity (Wildman–Crippen MR) is 81.6 cm³/mol. The van der Waals surface area contributed by atoms with Crippen LogP contribution in [0.15, 0.2) is 8.87 Å². The van der Waals surface area contributed by atoms with Gasteiger partial charge in [0.15, 0.2) is 0 Å². The molecule has 1 atom stereocenters. The lowest BCUT2D eigenvalue weighted by molar-refractivity contribution is 0.560. The lowest BCUT2D eigenvalue weighted by Gasteiger charge is -2.18. The number of halogens is 3. The largest absolute Gasteiger partial charge is 0.591 e. The molecule has 0 spiro atoms. The third-order valence-electron chi connectivity index (χ3n) is 3.21. The van der Waals surface area contributed by atoms with E-state index in [0.29, 0.717) is 28.4 Å². The van der Waals surface area contributed by atoms with Crippen LogP contribution < -0.4 is 0 Å². The minimum Gasteiger partial charge on any atom is -0.591 e. The van der Waals surface area contributed by atoms with E-state index in [0.717, 1.165) is 12.6 Å². The van der Waals surface area contributed by atoms with Crippen molar-refractivity contribution in [1.82, 2.24) is 0 Å². The second-order valence-corrected chi connectivity index (χ2v) is 8.49. The molecule has 2 rings (SSSR count). The van der Waals surface area contributed by atoms with E-state index in [1.165, 1.54) is 0 Å². The summed E-state index contributed by atoms with van der Waals surface area (Å²) in [7, 11) is 0. The third kappa shape index (κ3) is 2.92. The lowest BCUT2D eigenvalue weighted by Crippen LogP contribution is -2.26. The molecule has 0 radical (unpaired) electrons. The van der Waals surface area contributed by atoms with Crippen LogP contribution in [-0.2, 0) is 24.2 Å². The maximum Gasteiger partial charge on any atom is 0.149 e. The van der Waals surface area contributed by atoms with Crippen molar-refractivity contribution in [2.24, 2.45) is 4.40 Å². The first-order valence-corrected chi connectivity index (χ1v) is 8.27. The smallest absolute Gasteiger partial charge is 0.149 e. The summed E-state index contributed by atoms with van der Waals surface area (Å²) in [5, 5.41) is 0. The molecule has 1 aliphatic rings. The summed E-state index contributed by atoms with van der Waals surface area (Å²) in [4.78, 5) is 0. The number of fused-ring (bicyclic) bond motifs is 1. The van der Waals surface area contributed by atoms with E-state index in [1.54, 1.807) is 20.8 Å². The second kappa shape index (κ2) is 5.73. The molecule has 1 aromatic rings. The highest BCUT2D eigenvalue weighted by Gasteiger charge is 2.28. The second-order valence-electron chi connectivity index (χ2n) is 5.76. The standard InChI is InChI=1S/C14H16BrF2NOS/c1-14(2,3)20(19)18-7-10-12(16)9-6-4-5-8(9)11(15)13(10)17/h7H,4-6H2,1-3H3. The zero-order valence-electron chi connectivity index (χ0n) is 11.6. The SMILES string of the molecule is CC(C)(C)[S+]([O-])N=Cc1c(F)c(Br)c2c(c1F)CCC2. The van der Waals surface area contributed by atoms with Crippen LogP contribution in [0.1, 0.15) is 43.9 Å². The van der Waals surface area contributed by atoms with Gasteiger partial charge >= 0.3 is 0 Å². The van der Waals surface area contributed by atoms with Crippen LogP contribution >= 0.6 is 15.9 Å². The van der Waals surface area contributed by atoms with E-state index < -0.39 is 27.7 Å². The van der Waals surface area contributed by atoms with Crippen molar-refractivity contribution in [1.29, 1.82) is 0 Å². The van der Waals surface area contributed by atoms with E-state index in [9.17, 15) is 13.3 Å². The van der Waals surface area contributed by atoms with Gasteiger partial charge in [0.05, 0.1) is 16.3 Å². The number of hydrogen-bond acceptors (Lipinski definition) is 2. The van der Waals surface area contributed by atoms with Crippen molar-refractivity contribution in [2.75, 3.05) is 0 Å². The fraction of sp³-hybridized carbons (Fsp3) is 0.500. The van der Waals surface area contributed by atoms with Crippen LogP contribution in [0, 0.1) is 11.6 Å².